The van der Waals surface area contributed by atoms with Crippen LogP contribution in [0.25, 0.3) is 0 Å². The Bertz CT molecular complexity index is 233. The highest BCUT2D eigenvalue weighted by atomic mass is 127. The maximum absolute atomic E-state index is 6.19. The maximum atomic E-state index is 6.19. The van der Waals surface area contributed by atoms with Crippen LogP contribution in [0.3, 0.4) is 0 Å². The molecular weight excluding hydrogens is 351 g/mol. The number of allylic oxidation sites excluding steroid dienone is 1. The van der Waals surface area contributed by atoms with E-state index in [-0.39, 0.29) is 0 Å². The van der Waals surface area contributed by atoms with Crippen molar-refractivity contribution in [1.29, 1.82) is 0 Å². The van der Waals surface area contributed by atoms with E-state index in [1.165, 1.54) is 23.7 Å². The maximum Gasteiger partial charge on any atom is 0.191 e. The largest absolute Gasteiger partial charge is 0.417 e. The Kier molecular flexibility index (Phi) is 9.06. The highest BCUT2D eigenvalue weighted by molar-refractivity contribution is 14.1. The van der Waals surface area contributed by atoms with Gasteiger partial charge in [-0.2, -0.15) is 0 Å². The molecular formula is C15H31IOSi. The van der Waals surface area contributed by atoms with Crippen molar-refractivity contribution < 1.29 is 4.43 Å². The highest BCUT2D eigenvalue weighted by Crippen LogP contribution is 2.36. The van der Waals surface area contributed by atoms with E-state index in [4.69, 9.17) is 4.43 Å². The van der Waals surface area contributed by atoms with Gasteiger partial charge in [0.25, 0.3) is 0 Å². The molecule has 0 bridgehead atoms. The summed E-state index contributed by atoms with van der Waals surface area (Å²) in [7, 11) is -1.52. The molecule has 0 aromatic rings. The molecule has 0 spiro atoms. The van der Waals surface area contributed by atoms with E-state index in [0.29, 0.717) is 5.04 Å². The van der Waals surface area contributed by atoms with E-state index >= 15 is 0 Å². The van der Waals surface area contributed by atoms with E-state index in [9.17, 15) is 0 Å². The third kappa shape index (κ3) is 7.29. The number of halogens is 1. The summed E-state index contributed by atoms with van der Waals surface area (Å²) >= 11 is 2.49. The molecule has 1 unspecified atom stereocenters. The zero-order chi connectivity index (χ0) is 14.2. The fraction of sp³-hybridized carbons (Fsp3) is 0.867. The lowest BCUT2D eigenvalue weighted by molar-refractivity contribution is 0.274. The first kappa shape index (κ1) is 18.6. The number of unbranched alkanes of at least 4 members (excludes halogenated alkanes) is 1. The van der Waals surface area contributed by atoms with Gasteiger partial charge in [-0.05, 0) is 43.3 Å². The second-order valence-corrected chi connectivity index (χ2v) is 12.3. The lowest BCUT2D eigenvalue weighted by atomic mass is 10.0. The summed E-state index contributed by atoms with van der Waals surface area (Å²) in [6.07, 6.45) is 7.02. The number of hydrogen-bond acceptors (Lipinski definition) is 1. The summed E-state index contributed by atoms with van der Waals surface area (Å²) in [5.41, 5.74) is 0. The van der Waals surface area contributed by atoms with Crippen molar-refractivity contribution in [3.63, 3.8) is 0 Å². The molecule has 0 aliphatic carbocycles. The van der Waals surface area contributed by atoms with Gasteiger partial charge in [-0.3, -0.25) is 0 Å². The van der Waals surface area contributed by atoms with Crippen LogP contribution in [0, 0.1) is 5.92 Å². The van der Waals surface area contributed by atoms with Gasteiger partial charge in [-0.25, -0.2) is 0 Å². The van der Waals surface area contributed by atoms with Crippen molar-refractivity contribution in [2.75, 3.05) is 11.0 Å². The predicted molar refractivity (Wildman–Crippen MR) is 94.2 cm³/mol. The normalized spacial score (nSPS) is 14.6. The molecule has 0 aliphatic heterocycles. The zero-order valence-electron chi connectivity index (χ0n) is 12.9. The number of rotatable bonds is 9. The van der Waals surface area contributed by atoms with Gasteiger partial charge in [0.2, 0.25) is 0 Å². The summed E-state index contributed by atoms with van der Waals surface area (Å²) in [5, 5.41) is 0.334. The van der Waals surface area contributed by atoms with E-state index in [1.54, 1.807) is 0 Å². The van der Waals surface area contributed by atoms with Gasteiger partial charge in [0.1, 0.15) is 0 Å². The van der Waals surface area contributed by atoms with Crippen LogP contribution in [0.1, 0.15) is 46.5 Å². The van der Waals surface area contributed by atoms with E-state index in [0.717, 1.165) is 18.9 Å². The smallest absolute Gasteiger partial charge is 0.191 e. The van der Waals surface area contributed by atoms with Crippen LogP contribution in [0.2, 0.25) is 18.1 Å². The van der Waals surface area contributed by atoms with Crippen LogP contribution in [-0.2, 0) is 4.43 Å². The summed E-state index contributed by atoms with van der Waals surface area (Å²) in [6.45, 7) is 16.3. The van der Waals surface area contributed by atoms with Gasteiger partial charge >= 0.3 is 0 Å². The standard InChI is InChI=1S/C15H31IOSi/c1-7-10-14(13-16)11-8-9-12-17-18(5,6)15(2,3)4/h7,14H,1,8-13H2,2-6H3. The Morgan fingerprint density at radius 3 is 2.33 bits per heavy atom. The zero-order valence-corrected chi connectivity index (χ0v) is 16.0. The molecule has 108 valence electrons. The van der Waals surface area contributed by atoms with Crippen molar-refractivity contribution in [2.45, 2.75) is 64.6 Å². The van der Waals surface area contributed by atoms with E-state index < -0.39 is 8.32 Å². The molecule has 3 heteroatoms. The Hall–Kier alpha value is 0.647. The predicted octanol–water partition coefficient (Wildman–Crippen LogP) is 5.81. The average Bonchev–Trinajstić information content (AvgIpc) is 2.25. The molecule has 1 atom stereocenters. The first-order valence-corrected chi connectivity index (χ1v) is 11.5. The van der Waals surface area contributed by atoms with Gasteiger partial charge in [0.05, 0.1) is 0 Å². The van der Waals surface area contributed by atoms with Gasteiger partial charge in [-0.15, -0.1) is 6.58 Å². The second-order valence-electron chi connectivity index (χ2n) is 6.65. The van der Waals surface area contributed by atoms with Crippen LogP contribution in [0.5, 0.6) is 0 Å². The molecule has 0 aromatic heterocycles. The minimum absolute atomic E-state index is 0.334. The summed E-state index contributed by atoms with van der Waals surface area (Å²) in [5.74, 6) is 0.816. The SMILES string of the molecule is C=CCC(CI)CCCCO[Si](C)(C)C(C)(C)C. The van der Waals surface area contributed by atoms with Crippen molar-refractivity contribution >= 4 is 30.9 Å². The molecule has 0 aromatic carbocycles. The van der Waals surface area contributed by atoms with Crippen LogP contribution in [0.15, 0.2) is 12.7 Å². The second kappa shape index (κ2) is 8.75. The van der Waals surface area contributed by atoms with Crippen LogP contribution in [-0.4, -0.2) is 19.4 Å². The lowest BCUT2D eigenvalue weighted by Gasteiger charge is -2.36. The molecule has 0 rings (SSSR count). The fourth-order valence-electron chi connectivity index (χ4n) is 1.57. The monoisotopic (exact) mass is 382 g/mol. The van der Waals surface area contributed by atoms with Crippen molar-refractivity contribution in [3.8, 4) is 0 Å². The first-order valence-electron chi connectivity index (χ1n) is 7.05. The van der Waals surface area contributed by atoms with E-state index in [1.807, 2.05) is 0 Å². The van der Waals surface area contributed by atoms with Gasteiger partial charge in [-0.1, -0.05) is 55.9 Å². The molecule has 0 fully saturated rings. The average molecular weight is 382 g/mol. The number of alkyl halides is 1. The Morgan fingerprint density at radius 2 is 1.89 bits per heavy atom. The summed E-state index contributed by atoms with van der Waals surface area (Å²) < 4.78 is 7.43. The van der Waals surface area contributed by atoms with Crippen molar-refractivity contribution in [2.24, 2.45) is 5.92 Å². The minimum Gasteiger partial charge on any atom is -0.417 e. The fourth-order valence-corrected chi connectivity index (χ4v) is 3.46. The first-order chi connectivity index (χ1) is 8.24. The molecule has 0 radical (unpaired) electrons. The molecule has 0 saturated heterocycles. The quantitative estimate of drug-likeness (QED) is 0.161. The summed E-state index contributed by atoms with van der Waals surface area (Å²) in [6, 6.07) is 0. The topological polar surface area (TPSA) is 9.23 Å². The molecule has 0 N–H and O–H groups in total. The molecule has 0 saturated carbocycles. The minimum atomic E-state index is -1.52. The van der Waals surface area contributed by atoms with Crippen LogP contribution < -0.4 is 0 Å². The van der Waals surface area contributed by atoms with Gasteiger partial charge in [0.15, 0.2) is 8.32 Å². The highest BCUT2D eigenvalue weighted by Gasteiger charge is 2.36. The molecule has 0 heterocycles. The van der Waals surface area contributed by atoms with E-state index in [2.05, 4.69) is 69.1 Å². The van der Waals surface area contributed by atoms with Crippen LogP contribution >= 0.6 is 22.6 Å². The Labute approximate surface area is 129 Å². The van der Waals surface area contributed by atoms with Crippen molar-refractivity contribution in [1.82, 2.24) is 0 Å². The van der Waals surface area contributed by atoms with Gasteiger partial charge in [0, 0.05) is 11.0 Å². The number of hydrogen-bond donors (Lipinski definition) is 0. The summed E-state index contributed by atoms with van der Waals surface area (Å²) in [4.78, 5) is 0. The van der Waals surface area contributed by atoms with Crippen molar-refractivity contribution in [3.05, 3.63) is 12.7 Å². The Morgan fingerprint density at radius 1 is 1.28 bits per heavy atom. The van der Waals surface area contributed by atoms with Gasteiger partial charge < -0.3 is 4.43 Å². The third-order valence-corrected chi connectivity index (χ3v) is 9.78. The lowest BCUT2D eigenvalue weighted by Crippen LogP contribution is -2.40. The molecule has 0 amide bonds. The molecule has 1 nitrogen and oxygen atoms in total. The molecule has 0 aliphatic rings. The Balaban J connectivity index is 3.77. The molecule has 18 heavy (non-hydrogen) atoms. The third-order valence-electron chi connectivity index (χ3n) is 3.99. The van der Waals surface area contributed by atoms with Crippen LogP contribution in [0.4, 0.5) is 0 Å².